The normalized spacial score (nSPS) is 25.3. The highest BCUT2D eigenvalue weighted by atomic mass is 79.9. The molecule has 0 aliphatic carbocycles. The number of carbonyl (C=O) groups excluding carboxylic acids is 4. The molecule has 2 fully saturated rings. The zero-order valence-corrected chi connectivity index (χ0v) is 19.0. The minimum atomic E-state index is -0.936. The first-order valence-corrected chi connectivity index (χ1v) is 11.1. The Balaban J connectivity index is 1.52. The number of ether oxygens (including phenoxy) is 1. The predicted molar refractivity (Wildman–Crippen MR) is 123 cm³/mol. The summed E-state index contributed by atoms with van der Waals surface area (Å²) in [6.07, 6.45) is 5.07. The second-order valence-corrected chi connectivity index (χ2v) is 8.91. The Morgan fingerprint density at radius 2 is 1.76 bits per heavy atom. The van der Waals surface area contributed by atoms with Crippen LogP contribution in [-0.4, -0.2) is 46.9 Å². The third-order valence-corrected chi connectivity index (χ3v) is 6.52. The molecule has 2 aromatic rings. The summed E-state index contributed by atoms with van der Waals surface area (Å²) < 4.78 is 5.77. The van der Waals surface area contributed by atoms with Crippen molar-refractivity contribution in [1.82, 2.24) is 5.01 Å². The third kappa shape index (κ3) is 3.48. The molecule has 9 heteroatoms. The first kappa shape index (κ1) is 21.3. The molecule has 0 bridgehead atoms. The van der Waals surface area contributed by atoms with E-state index in [9.17, 15) is 19.2 Å². The fraction of sp³-hybridized carbons (Fsp3) is 0.208. The van der Waals surface area contributed by atoms with Crippen LogP contribution >= 0.6 is 15.9 Å². The molecule has 166 valence electrons. The van der Waals surface area contributed by atoms with Crippen molar-refractivity contribution in [3.8, 4) is 5.75 Å². The number of esters is 1. The van der Waals surface area contributed by atoms with Gasteiger partial charge in [0, 0.05) is 23.2 Å². The van der Waals surface area contributed by atoms with Crippen LogP contribution < -0.4 is 9.64 Å². The molecule has 3 heterocycles. The Kier molecular flexibility index (Phi) is 5.20. The topological polar surface area (TPSA) is 96.3 Å². The number of allylic oxidation sites excluding steroid dienone is 1. The monoisotopic (exact) mass is 507 g/mol. The van der Waals surface area contributed by atoms with Crippen LogP contribution in [0.15, 0.2) is 70.3 Å². The Morgan fingerprint density at radius 3 is 2.45 bits per heavy atom. The highest BCUT2D eigenvalue weighted by Crippen LogP contribution is 2.46. The molecular formula is C24H18BrN3O5. The molecule has 2 amide bonds. The number of benzene rings is 2. The van der Waals surface area contributed by atoms with E-state index in [1.54, 1.807) is 53.7 Å². The zero-order valence-electron chi connectivity index (χ0n) is 17.4. The molecule has 3 aliphatic rings. The molecular weight excluding hydrogens is 490 g/mol. The minimum Gasteiger partial charge on any atom is -0.427 e. The van der Waals surface area contributed by atoms with E-state index < -0.39 is 35.8 Å². The van der Waals surface area contributed by atoms with Gasteiger partial charge in [-0.1, -0.05) is 28.1 Å². The Bertz CT molecular complexity index is 1240. The van der Waals surface area contributed by atoms with E-state index in [1.165, 1.54) is 24.0 Å². The number of carbonyl (C=O) groups is 4. The van der Waals surface area contributed by atoms with Gasteiger partial charge >= 0.3 is 5.97 Å². The summed E-state index contributed by atoms with van der Waals surface area (Å²) in [6, 6.07) is 11.6. The number of Topliss-reactive ketones (excluding diaryl/α,β-unsaturated/α-hetero) is 1. The lowest BCUT2D eigenvalue weighted by Gasteiger charge is -2.30. The van der Waals surface area contributed by atoms with Crippen molar-refractivity contribution >= 4 is 51.4 Å². The fourth-order valence-corrected chi connectivity index (χ4v) is 5.12. The maximum Gasteiger partial charge on any atom is 0.308 e. The lowest BCUT2D eigenvalue weighted by Crippen LogP contribution is -2.46. The molecule has 2 aromatic carbocycles. The van der Waals surface area contributed by atoms with Crippen LogP contribution in [0.1, 0.15) is 17.3 Å². The number of imide groups is 1. The highest BCUT2D eigenvalue weighted by Gasteiger charge is 2.64. The zero-order chi connectivity index (χ0) is 23.3. The van der Waals surface area contributed by atoms with Crippen molar-refractivity contribution in [1.29, 1.82) is 0 Å². The van der Waals surface area contributed by atoms with E-state index in [1.807, 2.05) is 6.07 Å². The number of nitrogens with zero attached hydrogens (tertiary/aromatic N) is 3. The van der Waals surface area contributed by atoms with Crippen LogP contribution in [0.2, 0.25) is 0 Å². The molecule has 0 spiro atoms. The van der Waals surface area contributed by atoms with Gasteiger partial charge in [-0.3, -0.25) is 24.2 Å². The third-order valence-electron chi connectivity index (χ3n) is 6.03. The smallest absolute Gasteiger partial charge is 0.308 e. The second-order valence-electron chi connectivity index (χ2n) is 7.99. The summed E-state index contributed by atoms with van der Waals surface area (Å²) in [5.74, 6) is -2.84. The summed E-state index contributed by atoms with van der Waals surface area (Å²) in [7, 11) is 0. The summed E-state index contributed by atoms with van der Waals surface area (Å²) >= 11 is 3.38. The first-order valence-electron chi connectivity index (χ1n) is 10.3. The van der Waals surface area contributed by atoms with Crippen LogP contribution in [0.3, 0.4) is 0 Å². The average Bonchev–Trinajstić information content (AvgIpc) is 3.26. The van der Waals surface area contributed by atoms with Gasteiger partial charge in [-0.2, -0.15) is 5.10 Å². The van der Waals surface area contributed by atoms with Gasteiger partial charge in [-0.25, -0.2) is 4.90 Å². The number of rotatable bonds is 4. The minimum absolute atomic E-state index is 0.313. The van der Waals surface area contributed by atoms with Gasteiger partial charge < -0.3 is 4.74 Å². The van der Waals surface area contributed by atoms with Gasteiger partial charge in [0.1, 0.15) is 11.8 Å². The lowest BCUT2D eigenvalue weighted by atomic mass is 9.86. The van der Waals surface area contributed by atoms with Crippen molar-refractivity contribution in [3.63, 3.8) is 0 Å². The standard InChI is InChI=1S/C24H18BrN3O5/c1-13(29)33-17-9-7-14(8-10-17)22(30)21-20-19(18-6-3-11-26-28(18)21)23(31)27(24(20)32)16-5-2-4-15(25)12-16/h2-12,18-21H,1H3/t18-,19-,20-,21+/m0/s1. The Hall–Kier alpha value is -3.59. The number of fused-ring (bicyclic) bond motifs is 3. The summed E-state index contributed by atoms with van der Waals surface area (Å²) in [5.41, 5.74) is 0.793. The Labute approximate surface area is 197 Å². The van der Waals surface area contributed by atoms with Crippen molar-refractivity contribution < 1.29 is 23.9 Å². The molecule has 5 rings (SSSR count). The first-order chi connectivity index (χ1) is 15.9. The molecule has 0 saturated carbocycles. The summed E-state index contributed by atoms with van der Waals surface area (Å²) in [4.78, 5) is 52.9. The number of amides is 2. The maximum atomic E-state index is 13.6. The largest absolute Gasteiger partial charge is 0.427 e. The molecule has 0 aromatic heterocycles. The van der Waals surface area contributed by atoms with Gasteiger partial charge in [-0.15, -0.1) is 0 Å². The van der Waals surface area contributed by atoms with E-state index in [2.05, 4.69) is 21.0 Å². The van der Waals surface area contributed by atoms with Crippen molar-refractivity contribution in [3.05, 3.63) is 70.7 Å². The average molecular weight is 508 g/mol. The number of hydrogen-bond donors (Lipinski definition) is 0. The second kappa shape index (κ2) is 8.08. The molecule has 4 atom stereocenters. The number of ketones is 1. The predicted octanol–water partition coefficient (Wildman–Crippen LogP) is 2.97. The molecule has 0 radical (unpaired) electrons. The van der Waals surface area contributed by atoms with Gasteiger partial charge in [0.05, 0.1) is 23.6 Å². The number of halogens is 1. The van der Waals surface area contributed by atoms with Crippen LogP contribution in [0.4, 0.5) is 5.69 Å². The van der Waals surface area contributed by atoms with E-state index in [4.69, 9.17) is 4.74 Å². The molecule has 2 saturated heterocycles. The van der Waals surface area contributed by atoms with E-state index >= 15 is 0 Å². The van der Waals surface area contributed by atoms with Gasteiger partial charge in [0.25, 0.3) is 0 Å². The molecule has 0 unspecified atom stereocenters. The fourth-order valence-electron chi connectivity index (χ4n) is 4.73. The number of hydrazone groups is 1. The van der Waals surface area contributed by atoms with Crippen molar-refractivity contribution in [2.45, 2.75) is 19.0 Å². The molecule has 33 heavy (non-hydrogen) atoms. The van der Waals surface area contributed by atoms with Crippen molar-refractivity contribution in [2.24, 2.45) is 16.9 Å². The van der Waals surface area contributed by atoms with Gasteiger partial charge in [0.2, 0.25) is 11.8 Å². The molecule has 0 N–H and O–H groups in total. The molecule has 3 aliphatic heterocycles. The summed E-state index contributed by atoms with van der Waals surface area (Å²) in [6.45, 7) is 1.29. The highest BCUT2D eigenvalue weighted by molar-refractivity contribution is 9.10. The van der Waals surface area contributed by atoms with Crippen molar-refractivity contribution in [2.75, 3.05) is 4.90 Å². The van der Waals surface area contributed by atoms with Crippen LogP contribution in [0.25, 0.3) is 0 Å². The molecule has 8 nitrogen and oxygen atoms in total. The summed E-state index contributed by atoms with van der Waals surface area (Å²) in [5, 5.41) is 5.90. The number of anilines is 1. The Morgan fingerprint density at radius 1 is 1.03 bits per heavy atom. The van der Waals surface area contributed by atoms with E-state index in [-0.39, 0.29) is 11.7 Å². The van der Waals surface area contributed by atoms with E-state index in [0.29, 0.717) is 17.0 Å². The van der Waals surface area contributed by atoms with Gasteiger partial charge in [-0.05, 0) is 48.5 Å². The lowest BCUT2D eigenvalue weighted by molar-refractivity contribution is -0.132. The van der Waals surface area contributed by atoms with Crippen LogP contribution in [0, 0.1) is 11.8 Å². The van der Waals surface area contributed by atoms with Crippen LogP contribution in [-0.2, 0) is 14.4 Å². The number of hydrogen-bond acceptors (Lipinski definition) is 7. The SMILES string of the molecule is CC(=O)Oc1ccc(C(=O)[C@H]2[C@H]3C(=O)N(c4cccc(Br)c4)C(=O)[C@H]3[C@@H]3C=CC=NN32)cc1. The quantitative estimate of drug-likeness (QED) is 0.273. The van der Waals surface area contributed by atoms with Crippen LogP contribution in [0.5, 0.6) is 5.75 Å². The van der Waals surface area contributed by atoms with E-state index in [0.717, 1.165) is 4.47 Å². The maximum absolute atomic E-state index is 13.6. The van der Waals surface area contributed by atoms with Gasteiger partial charge in [0.15, 0.2) is 5.78 Å².